The Hall–Kier alpha value is -2.14. The molecule has 23 heavy (non-hydrogen) atoms. The summed E-state index contributed by atoms with van der Waals surface area (Å²) >= 11 is 0. The van der Waals surface area contributed by atoms with Gasteiger partial charge in [-0.25, -0.2) is 0 Å². The first-order chi connectivity index (χ1) is 11.3. The predicted octanol–water partition coefficient (Wildman–Crippen LogP) is 2.34. The average molecular weight is 313 g/mol. The Morgan fingerprint density at radius 2 is 1.96 bits per heavy atom. The molecule has 1 amide bonds. The normalized spacial score (nSPS) is 16.3. The molecule has 1 aromatic carbocycles. The zero-order valence-electron chi connectivity index (χ0n) is 13.4. The minimum atomic E-state index is 0.261. The third kappa shape index (κ3) is 4.66. The monoisotopic (exact) mass is 313 g/mol. The molecule has 2 heterocycles. The van der Waals surface area contributed by atoms with Gasteiger partial charge in [0, 0.05) is 45.2 Å². The van der Waals surface area contributed by atoms with Gasteiger partial charge in [-0.15, -0.1) is 0 Å². The van der Waals surface area contributed by atoms with Crippen LogP contribution in [0.1, 0.15) is 24.1 Å². The lowest BCUT2D eigenvalue weighted by Crippen LogP contribution is -2.35. The summed E-state index contributed by atoms with van der Waals surface area (Å²) in [7, 11) is 0. The van der Waals surface area contributed by atoms with E-state index in [0.717, 1.165) is 51.3 Å². The van der Waals surface area contributed by atoms with Crippen molar-refractivity contribution in [3.63, 3.8) is 0 Å². The second-order valence-electron chi connectivity index (χ2n) is 5.99. The van der Waals surface area contributed by atoms with E-state index in [0.29, 0.717) is 6.42 Å². The van der Waals surface area contributed by atoms with Crippen molar-refractivity contribution in [2.24, 2.45) is 0 Å². The van der Waals surface area contributed by atoms with E-state index in [1.54, 1.807) is 6.26 Å². The van der Waals surface area contributed by atoms with Crippen LogP contribution >= 0.6 is 0 Å². The predicted molar refractivity (Wildman–Crippen MR) is 87.7 cm³/mol. The van der Waals surface area contributed by atoms with Crippen LogP contribution in [-0.4, -0.2) is 47.0 Å². The van der Waals surface area contributed by atoms with Gasteiger partial charge in [0.05, 0.1) is 5.69 Å². The van der Waals surface area contributed by atoms with E-state index in [9.17, 15) is 4.79 Å². The van der Waals surface area contributed by atoms with Gasteiger partial charge in [-0.3, -0.25) is 9.69 Å². The summed E-state index contributed by atoms with van der Waals surface area (Å²) in [5.41, 5.74) is 2.18. The molecule has 0 saturated carbocycles. The quantitative estimate of drug-likeness (QED) is 0.850. The fourth-order valence-electron chi connectivity index (χ4n) is 2.98. The lowest BCUT2D eigenvalue weighted by molar-refractivity contribution is -0.131. The molecule has 1 aliphatic heterocycles. The van der Waals surface area contributed by atoms with E-state index >= 15 is 0 Å². The Bertz CT molecular complexity index is 598. The topological polar surface area (TPSA) is 49.6 Å². The lowest BCUT2D eigenvalue weighted by atomic mass is 10.1. The number of carbonyl (C=O) groups is 1. The number of aryl methyl sites for hydroxylation is 1. The van der Waals surface area contributed by atoms with Gasteiger partial charge in [0.15, 0.2) is 0 Å². The molecule has 5 heteroatoms. The van der Waals surface area contributed by atoms with Crippen LogP contribution in [-0.2, 0) is 17.8 Å². The lowest BCUT2D eigenvalue weighted by Gasteiger charge is -2.21. The number of aromatic nitrogens is 1. The van der Waals surface area contributed by atoms with Crippen molar-refractivity contribution in [1.29, 1.82) is 0 Å². The molecule has 0 atom stereocenters. The van der Waals surface area contributed by atoms with Crippen LogP contribution in [0, 0.1) is 0 Å². The summed E-state index contributed by atoms with van der Waals surface area (Å²) in [5, 5.41) is 3.96. The summed E-state index contributed by atoms with van der Waals surface area (Å²) in [6.07, 6.45) is 4.02. The number of hydrogen-bond donors (Lipinski definition) is 0. The van der Waals surface area contributed by atoms with Crippen molar-refractivity contribution in [2.75, 3.05) is 26.2 Å². The highest BCUT2D eigenvalue weighted by atomic mass is 16.5. The molecule has 1 fully saturated rings. The van der Waals surface area contributed by atoms with Gasteiger partial charge in [-0.2, -0.15) is 0 Å². The number of carbonyl (C=O) groups excluding carboxylic acids is 1. The minimum absolute atomic E-state index is 0.261. The van der Waals surface area contributed by atoms with E-state index in [2.05, 4.69) is 22.2 Å². The Morgan fingerprint density at radius 3 is 2.74 bits per heavy atom. The molecule has 1 aliphatic rings. The third-order valence-electron chi connectivity index (χ3n) is 4.29. The highest BCUT2D eigenvalue weighted by molar-refractivity contribution is 5.76. The maximum atomic E-state index is 12.4. The maximum absolute atomic E-state index is 12.4. The molecule has 122 valence electrons. The molecular weight excluding hydrogens is 290 g/mol. The van der Waals surface area contributed by atoms with Crippen LogP contribution in [0.15, 0.2) is 47.2 Å². The molecule has 0 bridgehead atoms. The Morgan fingerprint density at radius 1 is 1.09 bits per heavy atom. The average Bonchev–Trinajstić information content (AvgIpc) is 2.98. The first-order valence-electron chi connectivity index (χ1n) is 8.24. The standard InChI is InChI=1S/C18H23N3O2/c22-18(8-7-16-5-2-1-3-6-16)21-11-4-10-20(12-13-21)15-17-9-14-23-19-17/h1-3,5-6,9,14H,4,7-8,10-13,15H2. The molecule has 0 radical (unpaired) electrons. The van der Waals surface area contributed by atoms with E-state index in [1.807, 2.05) is 29.2 Å². The molecule has 0 unspecified atom stereocenters. The van der Waals surface area contributed by atoms with Crippen LogP contribution in [0.25, 0.3) is 0 Å². The first-order valence-corrected chi connectivity index (χ1v) is 8.24. The van der Waals surface area contributed by atoms with Crippen LogP contribution in [0.3, 0.4) is 0 Å². The molecular formula is C18H23N3O2. The first kappa shape index (κ1) is 15.7. The van der Waals surface area contributed by atoms with Gasteiger partial charge in [-0.05, 0) is 18.4 Å². The van der Waals surface area contributed by atoms with Crippen molar-refractivity contribution in [3.05, 3.63) is 53.9 Å². The van der Waals surface area contributed by atoms with Gasteiger partial charge in [0.2, 0.25) is 5.91 Å². The number of amides is 1. The highest BCUT2D eigenvalue weighted by Crippen LogP contribution is 2.10. The van der Waals surface area contributed by atoms with E-state index in [-0.39, 0.29) is 5.91 Å². The summed E-state index contributed by atoms with van der Waals surface area (Å²) in [6, 6.07) is 12.1. The zero-order valence-corrected chi connectivity index (χ0v) is 13.4. The van der Waals surface area contributed by atoms with Crippen molar-refractivity contribution < 1.29 is 9.32 Å². The maximum Gasteiger partial charge on any atom is 0.222 e. The number of hydrogen-bond acceptors (Lipinski definition) is 4. The molecule has 3 rings (SSSR count). The second-order valence-corrected chi connectivity index (χ2v) is 5.99. The van der Waals surface area contributed by atoms with Crippen molar-refractivity contribution >= 4 is 5.91 Å². The van der Waals surface area contributed by atoms with Gasteiger partial charge in [-0.1, -0.05) is 35.5 Å². The van der Waals surface area contributed by atoms with E-state index in [4.69, 9.17) is 4.52 Å². The molecule has 1 aromatic heterocycles. The largest absolute Gasteiger partial charge is 0.364 e. The van der Waals surface area contributed by atoms with Gasteiger partial charge >= 0.3 is 0 Å². The van der Waals surface area contributed by atoms with Crippen molar-refractivity contribution in [2.45, 2.75) is 25.8 Å². The summed E-state index contributed by atoms with van der Waals surface area (Å²) in [6.45, 7) is 4.33. The molecule has 5 nitrogen and oxygen atoms in total. The van der Waals surface area contributed by atoms with Crippen LogP contribution < -0.4 is 0 Å². The van der Waals surface area contributed by atoms with Crippen molar-refractivity contribution in [3.8, 4) is 0 Å². The van der Waals surface area contributed by atoms with Crippen LogP contribution in [0.4, 0.5) is 0 Å². The Labute approximate surface area is 136 Å². The summed E-state index contributed by atoms with van der Waals surface area (Å²) in [4.78, 5) is 16.8. The Balaban J connectivity index is 1.46. The fraction of sp³-hybridized carbons (Fsp3) is 0.444. The number of rotatable bonds is 5. The SMILES string of the molecule is O=C(CCc1ccccc1)N1CCCN(Cc2ccon2)CC1. The number of nitrogens with zero attached hydrogens (tertiary/aromatic N) is 3. The van der Waals surface area contributed by atoms with Crippen LogP contribution in [0.2, 0.25) is 0 Å². The zero-order chi connectivity index (χ0) is 15.9. The minimum Gasteiger partial charge on any atom is -0.364 e. The third-order valence-corrected chi connectivity index (χ3v) is 4.29. The highest BCUT2D eigenvalue weighted by Gasteiger charge is 2.19. The molecule has 0 aliphatic carbocycles. The molecule has 0 N–H and O–H groups in total. The van der Waals surface area contributed by atoms with Gasteiger partial charge in [0.25, 0.3) is 0 Å². The Kier molecular flexibility index (Phi) is 5.42. The number of benzene rings is 1. The molecule has 0 spiro atoms. The molecule has 1 saturated heterocycles. The van der Waals surface area contributed by atoms with Gasteiger partial charge < -0.3 is 9.42 Å². The van der Waals surface area contributed by atoms with Crippen LogP contribution in [0.5, 0.6) is 0 Å². The van der Waals surface area contributed by atoms with Gasteiger partial charge in [0.1, 0.15) is 6.26 Å². The smallest absolute Gasteiger partial charge is 0.222 e. The fourth-order valence-corrected chi connectivity index (χ4v) is 2.98. The summed E-state index contributed by atoms with van der Waals surface area (Å²) in [5.74, 6) is 0.261. The summed E-state index contributed by atoms with van der Waals surface area (Å²) < 4.78 is 4.88. The van der Waals surface area contributed by atoms with E-state index in [1.165, 1.54) is 5.56 Å². The second kappa shape index (κ2) is 7.92. The molecule has 2 aromatic rings. The van der Waals surface area contributed by atoms with Crippen molar-refractivity contribution in [1.82, 2.24) is 15.0 Å². The van der Waals surface area contributed by atoms with E-state index < -0.39 is 0 Å².